The van der Waals surface area contributed by atoms with Gasteiger partial charge in [0.2, 0.25) is 11.8 Å². The van der Waals surface area contributed by atoms with Crippen molar-refractivity contribution < 1.29 is 9.59 Å². The lowest BCUT2D eigenvalue weighted by molar-refractivity contribution is -0.131. The first kappa shape index (κ1) is 12.4. The van der Waals surface area contributed by atoms with Gasteiger partial charge in [-0.25, -0.2) is 0 Å². The van der Waals surface area contributed by atoms with Crippen LogP contribution in [-0.4, -0.2) is 43.4 Å². The first-order chi connectivity index (χ1) is 8.58. The molecule has 0 fully saturated rings. The number of fused-ring (bicyclic) bond motifs is 1. The number of anilines is 1. The van der Waals surface area contributed by atoms with Gasteiger partial charge in [-0.3, -0.25) is 9.59 Å². The van der Waals surface area contributed by atoms with E-state index in [0.29, 0.717) is 6.42 Å². The molecule has 1 atom stereocenters. The maximum Gasteiger partial charge on any atom is 0.243 e. The maximum atomic E-state index is 11.9. The number of nitrogens with one attached hydrogen (secondary N) is 2. The Hall–Kier alpha value is -2.04. The van der Waals surface area contributed by atoms with Crippen molar-refractivity contribution in [3.8, 4) is 0 Å². The summed E-state index contributed by atoms with van der Waals surface area (Å²) in [5.41, 5.74) is 2.13. The first-order valence-corrected chi connectivity index (χ1v) is 5.90. The summed E-state index contributed by atoms with van der Waals surface area (Å²) in [6, 6.07) is 7.56. The first-order valence-electron chi connectivity index (χ1n) is 5.90. The number of amides is 2. The molecule has 5 nitrogen and oxygen atoms in total. The van der Waals surface area contributed by atoms with Crippen LogP contribution in [0.4, 0.5) is 5.69 Å². The summed E-state index contributed by atoms with van der Waals surface area (Å²) in [4.78, 5) is 24.7. The monoisotopic (exact) mass is 247 g/mol. The molecule has 0 spiro atoms. The molecular weight excluding hydrogens is 230 g/mol. The lowest BCUT2D eigenvalue weighted by atomic mass is 10.1. The molecule has 0 radical (unpaired) electrons. The Balaban J connectivity index is 1.88. The summed E-state index contributed by atoms with van der Waals surface area (Å²) in [7, 11) is 3.33. The molecule has 18 heavy (non-hydrogen) atoms. The molecule has 0 bridgehead atoms. The van der Waals surface area contributed by atoms with E-state index < -0.39 is 0 Å². The number of benzene rings is 1. The Morgan fingerprint density at radius 2 is 2.11 bits per heavy atom. The fourth-order valence-electron chi connectivity index (χ4n) is 1.90. The second kappa shape index (κ2) is 5.08. The van der Waals surface area contributed by atoms with Crippen molar-refractivity contribution in [1.29, 1.82) is 0 Å². The van der Waals surface area contributed by atoms with Gasteiger partial charge in [0.25, 0.3) is 0 Å². The van der Waals surface area contributed by atoms with E-state index in [-0.39, 0.29) is 24.4 Å². The second-order valence-corrected chi connectivity index (χ2v) is 4.56. The lowest BCUT2D eigenvalue weighted by Gasteiger charge is -2.14. The third-order valence-electron chi connectivity index (χ3n) is 3.00. The van der Waals surface area contributed by atoms with Crippen molar-refractivity contribution in [2.45, 2.75) is 12.5 Å². The molecule has 96 valence electrons. The van der Waals surface area contributed by atoms with Gasteiger partial charge in [0.1, 0.15) is 6.04 Å². The molecular formula is C13H17N3O2. The summed E-state index contributed by atoms with van der Waals surface area (Å²) in [6.07, 6.45) is 0.665. The highest BCUT2D eigenvalue weighted by molar-refractivity contribution is 5.90. The molecule has 0 aromatic heterocycles. The molecule has 2 rings (SSSR count). The topological polar surface area (TPSA) is 61.4 Å². The van der Waals surface area contributed by atoms with Crippen LogP contribution >= 0.6 is 0 Å². The van der Waals surface area contributed by atoms with Gasteiger partial charge in [0.15, 0.2) is 0 Å². The van der Waals surface area contributed by atoms with Gasteiger partial charge < -0.3 is 15.5 Å². The Morgan fingerprint density at radius 3 is 2.78 bits per heavy atom. The van der Waals surface area contributed by atoms with Gasteiger partial charge in [-0.05, 0) is 11.6 Å². The number of hydrogen-bond acceptors (Lipinski definition) is 3. The summed E-state index contributed by atoms with van der Waals surface area (Å²) >= 11 is 0. The average Bonchev–Trinajstić information content (AvgIpc) is 2.79. The van der Waals surface area contributed by atoms with Gasteiger partial charge in [-0.15, -0.1) is 0 Å². The summed E-state index contributed by atoms with van der Waals surface area (Å²) in [5, 5.41) is 5.80. The fraction of sp³-hybridized carbons (Fsp3) is 0.385. The summed E-state index contributed by atoms with van der Waals surface area (Å²) < 4.78 is 0. The Labute approximate surface area is 106 Å². The van der Waals surface area contributed by atoms with Gasteiger partial charge in [-0.1, -0.05) is 18.2 Å². The van der Waals surface area contributed by atoms with Crippen LogP contribution in [0.5, 0.6) is 0 Å². The Morgan fingerprint density at radius 1 is 1.39 bits per heavy atom. The molecule has 0 saturated heterocycles. The summed E-state index contributed by atoms with van der Waals surface area (Å²) in [6.45, 7) is 0.0420. The van der Waals surface area contributed by atoms with Crippen molar-refractivity contribution in [2.75, 3.05) is 26.0 Å². The molecule has 2 amide bonds. The van der Waals surface area contributed by atoms with Gasteiger partial charge >= 0.3 is 0 Å². The number of para-hydroxylation sites is 1. The standard InChI is InChI=1S/C13H17N3O2/c1-16(2)12(17)8-14-13(18)11-7-9-5-3-4-6-10(9)15-11/h3-6,11,15H,7-8H2,1-2H3,(H,14,18). The third-order valence-corrected chi connectivity index (χ3v) is 3.00. The number of carbonyl (C=O) groups is 2. The largest absolute Gasteiger partial charge is 0.373 e. The molecule has 5 heteroatoms. The van der Waals surface area contributed by atoms with Crippen LogP contribution in [0.1, 0.15) is 5.56 Å². The van der Waals surface area contributed by atoms with Crippen LogP contribution in [0.25, 0.3) is 0 Å². The van der Waals surface area contributed by atoms with Gasteiger partial charge in [0, 0.05) is 26.2 Å². The van der Waals surface area contributed by atoms with E-state index in [2.05, 4.69) is 10.6 Å². The quantitative estimate of drug-likeness (QED) is 0.803. The molecule has 1 heterocycles. The van der Waals surface area contributed by atoms with Crippen molar-refractivity contribution in [3.05, 3.63) is 29.8 Å². The van der Waals surface area contributed by atoms with Crippen LogP contribution in [0.2, 0.25) is 0 Å². The van der Waals surface area contributed by atoms with Crippen LogP contribution in [0, 0.1) is 0 Å². The molecule has 1 aromatic carbocycles. The molecule has 1 unspecified atom stereocenters. The van der Waals surface area contributed by atoms with Crippen molar-refractivity contribution in [1.82, 2.24) is 10.2 Å². The minimum Gasteiger partial charge on any atom is -0.373 e. The van der Waals surface area contributed by atoms with E-state index in [4.69, 9.17) is 0 Å². The minimum absolute atomic E-state index is 0.0420. The van der Waals surface area contributed by atoms with E-state index in [1.807, 2.05) is 24.3 Å². The molecule has 0 aliphatic carbocycles. The minimum atomic E-state index is -0.280. The van der Waals surface area contributed by atoms with Gasteiger partial charge in [0.05, 0.1) is 6.54 Å². The molecule has 1 aromatic rings. The highest BCUT2D eigenvalue weighted by Gasteiger charge is 2.26. The number of likely N-dealkylation sites (N-methyl/N-ethyl adjacent to an activating group) is 1. The zero-order valence-corrected chi connectivity index (χ0v) is 10.6. The van der Waals surface area contributed by atoms with E-state index in [9.17, 15) is 9.59 Å². The highest BCUT2D eigenvalue weighted by atomic mass is 16.2. The normalized spacial score (nSPS) is 16.7. The second-order valence-electron chi connectivity index (χ2n) is 4.56. The zero-order valence-electron chi connectivity index (χ0n) is 10.6. The van der Waals surface area contributed by atoms with Crippen molar-refractivity contribution in [2.24, 2.45) is 0 Å². The molecule has 1 aliphatic rings. The predicted octanol–water partition coefficient (Wildman–Crippen LogP) is 0.228. The SMILES string of the molecule is CN(C)C(=O)CNC(=O)C1Cc2ccccc2N1. The Kier molecular flexibility index (Phi) is 3.50. The van der Waals surface area contributed by atoms with Crippen LogP contribution < -0.4 is 10.6 Å². The smallest absolute Gasteiger partial charge is 0.243 e. The molecule has 2 N–H and O–H groups in total. The summed E-state index contributed by atoms with van der Waals surface area (Å²) in [5.74, 6) is -0.250. The number of rotatable bonds is 3. The maximum absolute atomic E-state index is 11.9. The van der Waals surface area contributed by atoms with Crippen LogP contribution in [-0.2, 0) is 16.0 Å². The van der Waals surface area contributed by atoms with E-state index >= 15 is 0 Å². The number of nitrogens with zero attached hydrogens (tertiary/aromatic N) is 1. The lowest BCUT2D eigenvalue weighted by Crippen LogP contribution is -2.43. The fourth-order valence-corrected chi connectivity index (χ4v) is 1.90. The van der Waals surface area contributed by atoms with Crippen LogP contribution in [0.3, 0.4) is 0 Å². The van der Waals surface area contributed by atoms with Crippen molar-refractivity contribution >= 4 is 17.5 Å². The average molecular weight is 247 g/mol. The number of hydrogen-bond donors (Lipinski definition) is 2. The Bertz CT molecular complexity index is 446. The molecule has 1 aliphatic heterocycles. The van der Waals surface area contributed by atoms with E-state index in [1.165, 1.54) is 4.90 Å². The molecule has 0 saturated carbocycles. The third kappa shape index (κ3) is 2.61. The zero-order chi connectivity index (χ0) is 13.1. The predicted molar refractivity (Wildman–Crippen MR) is 69.3 cm³/mol. The van der Waals surface area contributed by atoms with E-state index in [0.717, 1.165) is 11.3 Å². The van der Waals surface area contributed by atoms with E-state index in [1.54, 1.807) is 14.1 Å². The van der Waals surface area contributed by atoms with Gasteiger partial charge in [-0.2, -0.15) is 0 Å². The van der Waals surface area contributed by atoms with Crippen molar-refractivity contribution in [3.63, 3.8) is 0 Å². The number of carbonyl (C=O) groups excluding carboxylic acids is 2. The van der Waals surface area contributed by atoms with Crippen LogP contribution in [0.15, 0.2) is 24.3 Å². The highest BCUT2D eigenvalue weighted by Crippen LogP contribution is 2.24.